The molecule has 11 heteroatoms. The van der Waals surface area contributed by atoms with Crippen molar-refractivity contribution in [2.75, 3.05) is 24.7 Å². The first-order valence-corrected chi connectivity index (χ1v) is 16.4. The SMILES string of the molecule is C[C@@]12C(=O)N(c3ccc(F)c(Cl)c3)C(=O)[C@@H]1C[C@@H]1C(=CC[C@@H]3C(=O)N(CCc4ccc(O)cc4)C(=O)[C@@H]31)[C@@H]2c1ccc(OCCO)cc1. The largest absolute Gasteiger partial charge is 0.508 e. The van der Waals surface area contributed by atoms with Crippen LogP contribution in [0.3, 0.4) is 0 Å². The second kappa shape index (κ2) is 12.2. The average Bonchev–Trinajstić information content (AvgIpc) is 3.44. The molecule has 0 radical (unpaired) electrons. The summed E-state index contributed by atoms with van der Waals surface area (Å²) in [5.41, 5.74) is 1.37. The molecule has 2 heterocycles. The zero-order chi connectivity index (χ0) is 33.9. The number of aromatic hydroxyl groups is 1. The van der Waals surface area contributed by atoms with Gasteiger partial charge in [0.25, 0.3) is 0 Å². The Labute approximate surface area is 281 Å². The summed E-state index contributed by atoms with van der Waals surface area (Å²) in [5.74, 6) is -4.64. The van der Waals surface area contributed by atoms with Crippen LogP contribution in [0.25, 0.3) is 0 Å². The summed E-state index contributed by atoms with van der Waals surface area (Å²) >= 11 is 6.08. The molecule has 9 nitrogen and oxygen atoms in total. The number of ether oxygens (including phenoxy) is 1. The molecule has 3 aromatic carbocycles. The Morgan fingerprint density at radius 3 is 2.38 bits per heavy atom. The Bertz CT molecular complexity index is 1850. The van der Waals surface area contributed by atoms with Crippen LogP contribution in [0.1, 0.15) is 36.8 Å². The van der Waals surface area contributed by atoms with E-state index >= 15 is 0 Å². The summed E-state index contributed by atoms with van der Waals surface area (Å²) in [7, 11) is 0. The van der Waals surface area contributed by atoms with Crippen molar-refractivity contribution in [3.63, 3.8) is 0 Å². The highest BCUT2D eigenvalue weighted by molar-refractivity contribution is 6.31. The number of carbonyl (C=O) groups excluding carboxylic acids is 4. The first kappa shape index (κ1) is 32.0. The quantitative estimate of drug-likeness (QED) is 0.254. The molecule has 2 aliphatic carbocycles. The number of carbonyl (C=O) groups is 4. The van der Waals surface area contributed by atoms with Crippen LogP contribution >= 0.6 is 11.6 Å². The molecule has 48 heavy (non-hydrogen) atoms. The number of phenols is 1. The van der Waals surface area contributed by atoms with Crippen molar-refractivity contribution in [2.45, 2.75) is 32.1 Å². The number of benzene rings is 3. The van der Waals surface area contributed by atoms with Crippen molar-refractivity contribution in [3.8, 4) is 11.5 Å². The smallest absolute Gasteiger partial charge is 0.241 e. The number of amides is 4. The molecule has 0 spiro atoms. The fourth-order valence-corrected chi connectivity index (χ4v) is 8.55. The van der Waals surface area contributed by atoms with Crippen LogP contribution in [0.15, 0.2) is 78.4 Å². The molecule has 4 amide bonds. The van der Waals surface area contributed by atoms with Crippen LogP contribution < -0.4 is 9.64 Å². The molecule has 6 atom stereocenters. The number of imide groups is 2. The minimum absolute atomic E-state index is 0.112. The molecule has 2 saturated heterocycles. The van der Waals surface area contributed by atoms with Gasteiger partial charge in [-0.1, -0.05) is 47.5 Å². The molecule has 248 valence electrons. The number of rotatable bonds is 8. The highest BCUT2D eigenvalue weighted by Crippen LogP contribution is 2.63. The van der Waals surface area contributed by atoms with Gasteiger partial charge in [-0.15, -0.1) is 0 Å². The summed E-state index contributed by atoms with van der Waals surface area (Å²) in [4.78, 5) is 59.1. The number of hydrogen-bond acceptors (Lipinski definition) is 7. The molecular formula is C37H34ClFN2O7. The Kier molecular flexibility index (Phi) is 8.12. The summed E-state index contributed by atoms with van der Waals surface area (Å²) in [6.07, 6.45) is 2.93. The third-order valence-electron chi connectivity index (χ3n) is 10.7. The minimum atomic E-state index is -1.26. The maximum Gasteiger partial charge on any atom is 0.241 e. The van der Waals surface area contributed by atoms with Gasteiger partial charge in [-0.3, -0.25) is 24.1 Å². The van der Waals surface area contributed by atoms with Crippen LogP contribution in [0.5, 0.6) is 11.5 Å². The molecule has 0 unspecified atom stereocenters. The second-order valence-electron chi connectivity index (χ2n) is 13.1. The number of allylic oxidation sites excluding steroid dienone is 2. The van der Waals surface area contributed by atoms with Crippen LogP contribution in [0, 0.1) is 34.9 Å². The summed E-state index contributed by atoms with van der Waals surface area (Å²) < 4.78 is 19.7. The lowest BCUT2D eigenvalue weighted by molar-refractivity contribution is -0.140. The molecule has 2 N–H and O–H groups in total. The monoisotopic (exact) mass is 672 g/mol. The van der Waals surface area contributed by atoms with E-state index in [1.54, 1.807) is 43.3 Å². The molecule has 1 saturated carbocycles. The van der Waals surface area contributed by atoms with Gasteiger partial charge in [0.2, 0.25) is 23.6 Å². The van der Waals surface area contributed by atoms with Gasteiger partial charge in [0.05, 0.1) is 40.5 Å². The van der Waals surface area contributed by atoms with Crippen molar-refractivity contribution < 1.29 is 38.5 Å². The first-order valence-electron chi connectivity index (χ1n) is 16.0. The van der Waals surface area contributed by atoms with E-state index in [4.69, 9.17) is 16.3 Å². The van der Waals surface area contributed by atoms with E-state index in [1.165, 1.54) is 17.0 Å². The zero-order valence-corrected chi connectivity index (χ0v) is 26.9. The summed E-state index contributed by atoms with van der Waals surface area (Å²) in [6, 6.07) is 17.5. The van der Waals surface area contributed by atoms with Crippen molar-refractivity contribution in [1.82, 2.24) is 4.90 Å². The fourth-order valence-electron chi connectivity index (χ4n) is 8.37. The lowest BCUT2D eigenvalue weighted by Crippen LogP contribution is -2.48. The molecule has 0 bridgehead atoms. The van der Waals surface area contributed by atoms with Gasteiger partial charge in [-0.05, 0) is 85.7 Å². The Morgan fingerprint density at radius 1 is 0.958 bits per heavy atom. The number of anilines is 1. The molecule has 7 rings (SSSR count). The number of aliphatic hydroxyl groups is 1. The zero-order valence-electron chi connectivity index (χ0n) is 26.1. The molecule has 0 aromatic heterocycles. The van der Waals surface area contributed by atoms with Gasteiger partial charge in [-0.2, -0.15) is 0 Å². The van der Waals surface area contributed by atoms with Gasteiger partial charge >= 0.3 is 0 Å². The molecule has 3 aromatic rings. The van der Waals surface area contributed by atoms with Gasteiger partial charge in [0.15, 0.2) is 0 Å². The van der Waals surface area contributed by atoms with Crippen LogP contribution in [-0.2, 0) is 25.6 Å². The molecule has 2 aliphatic heterocycles. The van der Waals surface area contributed by atoms with E-state index in [-0.39, 0.29) is 54.5 Å². The first-order chi connectivity index (χ1) is 23.0. The number of fused-ring (bicyclic) bond motifs is 4. The lowest BCUT2D eigenvalue weighted by atomic mass is 9.51. The molecule has 4 aliphatic rings. The Morgan fingerprint density at radius 2 is 1.69 bits per heavy atom. The van der Waals surface area contributed by atoms with Gasteiger partial charge in [0, 0.05) is 12.5 Å². The highest BCUT2D eigenvalue weighted by atomic mass is 35.5. The molecular weight excluding hydrogens is 639 g/mol. The minimum Gasteiger partial charge on any atom is -0.508 e. The number of nitrogens with zero attached hydrogens (tertiary/aromatic N) is 2. The van der Waals surface area contributed by atoms with E-state index < -0.39 is 52.6 Å². The Balaban J connectivity index is 1.27. The van der Waals surface area contributed by atoms with Gasteiger partial charge in [0.1, 0.15) is 23.9 Å². The average molecular weight is 673 g/mol. The highest BCUT2D eigenvalue weighted by Gasteiger charge is 2.67. The lowest BCUT2D eigenvalue weighted by Gasteiger charge is -2.49. The predicted molar refractivity (Wildman–Crippen MR) is 174 cm³/mol. The summed E-state index contributed by atoms with van der Waals surface area (Å²) in [6.45, 7) is 1.92. The van der Waals surface area contributed by atoms with Crippen LogP contribution in [0.4, 0.5) is 10.1 Å². The maximum atomic E-state index is 14.5. The summed E-state index contributed by atoms with van der Waals surface area (Å²) in [5, 5.41) is 18.6. The Hall–Kier alpha value is -4.54. The van der Waals surface area contributed by atoms with Crippen molar-refractivity contribution in [3.05, 3.63) is 100 Å². The third-order valence-corrected chi connectivity index (χ3v) is 11.0. The number of likely N-dealkylation sites (tertiary alicyclic amines) is 1. The van der Waals surface area contributed by atoms with Crippen molar-refractivity contribution >= 4 is 40.9 Å². The van der Waals surface area contributed by atoms with Crippen molar-refractivity contribution in [1.29, 1.82) is 0 Å². The fraction of sp³-hybridized carbons (Fsp3) is 0.351. The maximum absolute atomic E-state index is 14.5. The normalized spacial score (nSPS) is 27.9. The van der Waals surface area contributed by atoms with Crippen LogP contribution in [0.2, 0.25) is 5.02 Å². The van der Waals surface area contributed by atoms with E-state index in [9.17, 15) is 33.8 Å². The van der Waals surface area contributed by atoms with E-state index in [1.807, 2.05) is 18.2 Å². The second-order valence-corrected chi connectivity index (χ2v) is 13.6. The van der Waals surface area contributed by atoms with E-state index in [2.05, 4.69) is 0 Å². The number of phenolic OH excluding ortho intramolecular Hbond substituents is 1. The topological polar surface area (TPSA) is 124 Å². The number of aliphatic hydroxyl groups excluding tert-OH is 1. The standard InChI is InChI=1S/C37H34ClFN2O7/c1-37-28(34(45)41(36(37)47)22-6-13-30(39)29(38)18-22)19-27-25(32(37)21-4-9-24(10-5-21)48-17-16-42)11-12-26-31(27)35(46)40(33(26)44)15-14-20-2-7-23(43)8-3-20/h2-11,13,18,26-28,31-32,42-43H,12,14-17,19H2,1H3/t26-,27+,28-,31-,32-,37+/m0/s1. The van der Waals surface area contributed by atoms with E-state index in [0.29, 0.717) is 18.6 Å². The third kappa shape index (κ3) is 5.00. The molecule has 3 fully saturated rings. The number of halogens is 2. The van der Waals surface area contributed by atoms with Crippen molar-refractivity contribution in [2.24, 2.45) is 29.1 Å². The van der Waals surface area contributed by atoms with Gasteiger partial charge in [-0.25, -0.2) is 9.29 Å². The number of hydrogen-bond donors (Lipinski definition) is 2. The van der Waals surface area contributed by atoms with Crippen LogP contribution in [-0.4, -0.2) is 58.5 Å². The van der Waals surface area contributed by atoms with Gasteiger partial charge < -0.3 is 14.9 Å². The predicted octanol–water partition coefficient (Wildman–Crippen LogP) is 5.03. The van der Waals surface area contributed by atoms with E-state index in [0.717, 1.165) is 27.7 Å².